The average molecular weight is 288 g/mol. The Bertz CT molecular complexity index is 432. The minimum Gasteiger partial charge on any atom is -0.612 e. The molecule has 0 amide bonds. The number of esters is 1. The van der Waals surface area contributed by atoms with Crippen LogP contribution >= 0.6 is 0 Å². The maximum atomic E-state index is 11.8. The van der Waals surface area contributed by atoms with Crippen LogP contribution in [0.25, 0.3) is 0 Å². The number of benzene rings is 1. The van der Waals surface area contributed by atoms with E-state index in [-0.39, 0.29) is 0 Å². The van der Waals surface area contributed by atoms with Gasteiger partial charge in [0, 0.05) is 5.56 Å². The van der Waals surface area contributed by atoms with Gasteiger partial charge in [0.15, 0.2) is 0 Å². The van der Waals surface area contributed by atoms with Crippen molar-refractivity contribution in [2.75, 3.05) is 19.6 Å². The monoisotopic (exact) mass is 288 g/mol. The zero-order valence-electron chi connectivity index (χ0n) is 10.8. The normalized spacial score (nSPS) is 15.9. The quantitative estimate of drug-likeness (QED) is 0.621. The highest BCUT2D eigenvalue weighted by atomic mass is 32.2. The fourth-order valence-corrected chi connectivity index (χ4v) is 3.99. The van der Waals surface area contributed by atoms with Gasteiger partial charge in [-0.15, -0.1) is 0 Å². The lowest BCUT2D eigenvalue weighted by atomic mass is 10.0. The summed E-state index contributed by atoms with van der Waals surface area (Å²) in [6.07, 6.45) is 3.04. The summed E-state index contributed by atoms with van der Waals surface area (Å²) in [6, 6.07) is 5.09. The molecule has 3 atom stereocenters. The Labute approximate surface area is 113 Å². The van der Waals surface area contributed by atoms with Crippen LogP contribution < -0.4 is 0 Å². The van der Waals surface area contributed by atoms with Crippen LogP contribution in [0.1, 0.15) is 18.4 Å². The van der Waals surface area contributed by atoms with Gasteiger partial charge < -0.3 is 13.8 Å². The standard InChI is InChI=1S/C12H16O4S2/c1-8(12(13)16-2)9-6-5-7-10(17(3)14)11(9)18(4)15/h5-8H,1-4H3. The molecule has 0 bridgehead atoms. The Morgan fingerprint density at radius 3 is 2.33 bits per heavy atom. The summed E-state index contributed by atoms with van der Waals surface area (Å²) in [5.74, 6) is -0.932. The van der Waals surface area contributed by atoms with Crippen LogP contribution in [0.2, 0.25) is 0 Å². The molecular formula is C12H16O4S2. The summed E-state index contributed by atoms with van der Waals surface area (Å²) in [6.45, 7) is 1.68. The highest BCUT2D eigenvalue weighted by Gasteiger charge is 2.29. The van der Waals surface area contributed by atoms with E-state index in [9.17, 15) is 13.9 Å². The lowest BCUT2D eigenvalue weighted by Gasteiger charge is -2.17. The molecule has 1 aromatic rings. The first-order chi connectivity index (χ1) is 8.40. The van der Waals surface area contributed by atoms with E-state index in [2.05, 4.69) is 4.74 Å². The van der Waals surface area contributed by atoms with E-state index in [1.54, 1.807) is 25.1 Å². The smallest absolute Gasteiger partial charge is 0.313 e. The number of hydrogen-bond donors (Lipinski definition) is 0. The summed E-state index contributed by atoms with van der Waals surface area (Å²) in [5, 5.41) is 0. The molecule has 0 aliphatic rings. The molecule has 0 radical (unpaired) electrons. The van der Waals surface area contributed by atoms with Crippen LogP contribution in [0, 0.1) is 0 Å². The van der Waals surface area contributed by atoms with Crippen LogP contribution in [0.4, 0.5) is 0 Å². The fraction of sp³-hybridized carbons (Fsp3) is 0.417. The van der Waals surface area contributed by atoms with Crippen molar-refractivity contribution in [2.45, 2.75) is 22.6 Å². The van der Waals surface area contributed by atoms with Gasteiger partial charge in [0.2, 0.25) is 9.79 Å². The van der Waals surface area contributed by atoms with E-state index in [4.69, 9.17) is 0 Å². The van der Waals surface area contributed by atoms with Crippen LogP contribution in [-0.2, 0) is 31.9 Å². The number of carbonyl (C=O) groups excluding carboxylic acids is 1. The molecule has 0 saturated carbocycles. The first kappa shape index (κ1) is 15.4. The van der Waals surface area contributed by atoms with Gasteiger partial charge in [0.25, 0.3) is 0 Å². The maximum Gasteiger partial charge on any atom is 0.313 e. The Kier molecular flexibility index (Phi) is 5.52. The molecule has 100 valence electrons. The van der Waals surface area contributed by atoms with E-state index in [0.29, 0.717) is 15.4 Å². The molecule has 6 heteroatoms. The van der Waals surface area contributed by atoms with Crippen LogP contribution in [0.5, 0.6) is 0 Å². The predicted molar refractivity (Wildman–Crippen MR) is 71.5 cm³/mol. The molecule has 0 fully saturated rings. The van der Waals surface area contributed by atoms with Gasteiger partial charge in [0.05, 0.1) is 13.0 Å². The summed E-state index contributed by atoms with van der Waals surface area (Å²) < 4.78 is 28.2. The second kappa shape index (κ2) is 6.47. The molecule has 0 aliphatic carbocycles. The van der Waals surface area contributed by atoms with Gasteiger partial charge in [-0.25, -0.2) is 0 Å². The summed E-state index contributed by atoms with van der Waals surface area (Å²) in [4.78, 5) is 12.5. The Hall–Kier alpha value is -0.690. The van der Waals surface area contributed by atoms with Crippen molar-refractivity contribution in [1.82, 2.24) is 0 Å². The molecule has 0 heterocycles. The van der Waals surface area contributed by atoms with Crippen LogP contribution in [-0.4, -0.2) is 34.7 Å². The van der Waals surface area contributed by atoms with E-state index in [1.165, 1.54) is 19.6 Å². The topological polar surface area (TPSA) is 72.4 Å². The highest BCUT2D eigenvalue weighted by Crippen LogP contribution is 2.30. The molecule has 0 saturated heterocycles. The van der Waals surface area contributed by atoms with E-state index in [1.807, 2.05) is 0 Å². The number of carbonyl (C=O) groups is 1. The number of ether oxygens (including phenoxy) is 1. The van der Waals surface area contributed by atoms with Gasteiger partial charge in [-0.1, -0.05) is 12.1 Å². The minimum absolute atomic E-state index is 0.402. The van der Waals surface area contributed by atoms with Gasteiger partial charge in [-0.2, -0.15) is 0 Å². The molecular weight excluding hydrogens is 272 g/mol. The Morgan fingerprint density at radius 1 is 1.28 bits per heavy atom. The van der Waals surface area contributed by atoms with E-state index >= 15 is 0 Å². The zero-order valence-corrected chi connectivity index (χ0v) is 12.4. The first-order valence-electron chi connectivity index (χ1n) is 5.27. The van der Waals surface area contributed by atoms with Crippen molar-refractivity contribution >= 4 is 28.3 Å². The molecule has 0 N–H and O–H groups in total. The summed E-state index contributed by atoms with van der Waals surface area (Å²) >= 11 is -2.56. The molecule has 0 spiro atoms. The van der Waals surface area contributed by atoms with E-state index in [0.717, 1.165) is 0 Å². The number of methoxy groups -OCH3 is 1. The molecule has 0 aliphatic heterocycles. The van der Waals surface area contributed by atoms with Gasteiger partial charge >= 0.3 is 5.97 Å². The molecule has 3 unspecified atom stereocenters. The second-order valence-corrected chi connectivity index (χ2v) is 6.49. The SMILES string of the molecule is COC(=O)C(C)c1cccc([S+](C)[O-])c1[S+](C)[O-]. The summed E-state index contributed by atoms with van der Waals surface area (Å²) in [7, 11) is 1.31. The maximum absolute atomic E-state index is 11.8. The molecule has 18 heavy (non-hydrogen) atoms. The highest BCUT2D eigenvalue weighted by molar-refractivity contribution is 7.93. The van der Waals surface area contributed by atoms with Crippen molar-refractivity contribution in [3.05, 3.63) is 23.8 Å². The molecule has 1 aromatic carbocycles. The number of hydrogen-bond acceptors (Lipinski definition) is 4. The van der Waals surface area contributed by atoms with Crippen molar-refractivity contribution in [1.29, 1.82) is 0 Å². The lowest BCUT2D eigenvalue weighted by Crippen LogP contribution is -2.17. The van der Waals surface area contributed by atoms with Crippen molar-refractivity contribution in [3.8, 4) is 0 Å². The average Bonchev–Trinajstić information content (AvgIpc) is 2.35. The summed E-state index contributed by atoms with van der Waals surface area (Å²) in [5.41, 5.74) is 0.607. The molecule has 0 aromatic heterocycles. The van der Waals surface area contributed by atoms with Crippen molar-refractivity contribution < 1.29 is 18.6 Å². The third-order valence-electron chi connectivity index (χ3n) is 2.63. The van der Waals surface area contributed by atoms with Gasteiger partial charge in [-0.05, 0) is 35.3 Å². The third-order valence-corrected chi connectivity index (χ3v) is 4.75. The molecule has 1 rings (SSSR count). The van der Waals surface area contributed by atoms with Crippen LogP contribution in [0.3, 0.4) is 0 Å². The fourth-order valence-electron chi connectivity index (χ4n) is 1.71. The third kappa shape index (κ3) is 3.20. The Balaban J connectivity index is 3.35. The predicted octanol–water partition coefficient (Wildman–Crippen LogP) is 1.44. The van der Waals surface area contributed by atoms with E-state index < -0.39 is 34.2 Å². The second-order valence-electron chi connectivity index (χ2n) is 3.83. The zero-order chi connectivity index (χ0) is 13.9. The largest absolute Gasteiger partial charge is 0.612 e. The minimum atomic E-state index is -1.31. The van der Waals surface area contributed by atoms with Gasteiger partial charge in [0.1, 0.15) is 12.5 Å². The Morgan fingerprint density at radius 2 is 1.89 bits per heavy atom. The molecule has 4 nitrogen and oxygen atoms in total. The lowest BCUT2D eigenvalue weighted by molar-refractivity contribution is -0.142. The van der Waals surface area contributed by atoms with Crippen molar-refractivity contribution in [3.63, 3.8) is 0 Å². The van der Waals surface area contributed by atoms with Crippen LogP contribution in [0.15, 0.2) is 28.0 Å². The van der Waals surface area contributed by atoms with Gasteiger partial charge in [-0.3, -0.25) is 4.79 Å². The first-order valence-corrected chi connectivity index (χ1v) is 8.39. The number of rotatable bonds is 4. The van der Waals surface area contributed by atoms with Crippen molar-refractivity contribution in [2.24, 2.45) is 0 Å².